The molecule has 2 aliphatic heterocycles. The number of aliphatic hydroxyl groups excluding tert-OH is 1. The normalized spacial score (nSPS) is 48.0. The molecule has 0 radical (unpaired) electrons. The van der Waals surface area contributed by atoms with Crippen molar-refractivity contribution < 1.29 is 33.9 Å². The van der Waals surface area contributed by atoms with Gasteiger partial charge in [0.15, 0.2) is 12.1 Å². The molecule has 1 aromatic rings. The van der Waals surface area contributed by atoms with Crippen molar-refractivity contribution in [2.75, 3.05) is 26.4 Å². The molecular formula is C27H38O7. The molecule has 0 amide bonds. The van der Waals surface area contributed by atoms with Crippen molar-refractivity contribution in [3.8, 4) is 0 Å². The third-order valence-corrected chi connectivity index (χ3v) is 9.36. The average Bonchev–Trinajstić information content (AvgIpc) is 3.38. The number of hydrogen-bond donors (Lipinski definition) is 2. The zero-order valence-corrected chi connectivity index (χ0v) is 20.4. The van der Waals surface area contributed by atoms with E-state index in [1.54, 1.807) is 0 Å². The number of fused-ring (bicyclic) bond motifs is 1. The van der Waals surface area contributed by atoms with E-state index in [0.29, 0.717) is 45.7 Å². The van der Waals surface area contributed by atoms with Crippen LogP contribution >= 0.6 is 0 Å². The predicted octanol–water partition coefficient (Wildman–Crippen LogP) is 2.87. The molecule has 4 bridgehead atoms. The highest BCUT2D eigenvalue weighted by atomic mass is 16.8. The minimum atomic E-state index is -0.901. The fraction of sp³-hybridized carbons (Fsp3) is 0.778. The number of hydrogen-bond acceptors (Lipinski definition) is 7. The van der Waals surface area contributed by atoms with Crippen LogP contribution in [0.5, 0.6) is 0 Å². The third kappa shape index (κ3) is 3.14. The molecule has 7 rings (SSSR count). The second kappa shape index (κ2) is 7.97. The Morgan fingerprint density at radius 3 is 2.65 bits per heavy atom. The summed E-state index contributed by atoms with van der Waals surface area (Å²) in [7, 11) is 0. The summed E-state index contributed by atoms with van der Waals surface area (Å²) in [5.41, 5.74) is -0.866. The number of benzene rings is 1. The maximum atomic E-state index is 12.2. The molecule has 9 atom stereocenters. The first-order chi connectivity index (χ1) is 16.3. The lowest BCUT2D eigenvalue weighted by atomic mass is 9.47. The van der Waals surface area contributed by atoms with Gasteiger partial charge in [0.25, 0.3) is 0 Å². The molecule has 0 aromatic heterocycles. The zero-order chi connectivity index (χ0) is 23.8. The molecule has 188 valence electrons. The second-order valence-corrected chi connectivity index (χ2v) is 11.7. The van der Waals surface area contributed by atoms with Crippen LogP contribution in [0.2, 0.25) is 0 Å². The summed E-state index contributed by atoms with van der Waals surface area (Å²) >= 11 is 0. The van der Waals surface area contributed by atoms with Crippen molar-refractivity contribution in [2.24, 2.45) is 29.1 Å². The van der Waals surface area contributed by atoms with Crippen LogP contribution in [-0.4, -0.2) is 66.0 Å². The van der Waals surface area contributed by atoms with E-state index in [0.717, 1.165) is 5.56 Å². The molecular weight excluding hydrogens is 436 g/mol. The minimum absolute atomic E-state index is 0.00220. The van der Waals surface area contributed by atoms with Crippen LogP contribution in [0.15, 0.2) is 30.3 Å². The molecule has 7 nitrogen and oxygen atoms in total. The van der Waals surface area contributed by atoms with Gasteiger partial charge in [0.2, 0.25) is 0 Å². The predicted molar refractivity (Wildman–Crippen MR) is 123 cm³/mol. The lowest BCUT2D eigenvalue weighted by Gasteiger charge is -2.61. The molecule has 1 unspecified atom stereocenters. The second-order valence-electron chi connectivity index (χ2n) is 11.7. The van der Waals surface area contributed by atoms with Crippen molar-refractivity contribution in [3.63, 3.8) is 0 Å². The van der Waals surface area contributed by atoms with Gasteiger partial charge in [-0.2, -0.15) is 0 Å². The molecule has 34 heavy (non-hydrogen) atoms. The Hall–Kier alpha value is -1.06. The van der Waals surface area contributed by atoms with E-state index < -0.39 is 22.4 Å². The van der Waals surface area contributed by atoms with E-state index in [-0.39, 0.29) is 42.7 Å². The highest BCUT2D eigenvalue weighted by Crippen LogP contribution is 2.76. The molecule has 4 saturated carbocycles. The fourth-order valence-corrected chi connectivity index (χ4v) is 8.63. The lowest BCUT2D eigenvalue weighted by molar-refractivity contribution is -0.256. The average molecular weight is 475 g/mol. The first-order valence-electron chi connectivity index (χ1n) is 12.8. The monoisotopic (exact) mass is 474 g/mol. The largest absolute Gasteiger partial charge is 0.396 e. The Morgan fingerprint density at radius 1 is 1.12 bits per heavy atom. The van der Waals surface area contributed by atoms with Crippen LogP contribution in [0.4, 0.5) is 0 Å². The maximum absolute atomic E-state index is 12.2. The molecule has 2 N–H and O–H groups in total. The summed E-state index contributed by atoms with van der Waals surface area (Å²) in [5, 5.41) is 22.7. The summed E-state index contributed by atoms with van der Waals surface area (Å²) in [6.07, 6.45) is 1.42. The van der Waals surface area contributed by atoms with Gasteiger partial charge >= 0.3 is 0 Å². The zero-order valence-electron chi connectivity index (χ0n) is 20.4. The molecule has 2 heterocycles. The van der Waals surface area contributed by atoms with Gasteiger partial charge in [-0.15, -0.1) is 0 Å². The van der Waals surface area contributed by atoms with E-state index in [1.165, 1.54) is 0 Å². The van der Waals surface area contributed by atoms with Gasteiger partial charge in [0.1, 0.15) is 5.60 Å². The van der Waals surface area contributed by atoms with Gasteiger partial charge < -0.3 is 33.9 Å². The Kier molecular flexibility index (Phi) is 5.47. The molecule has 1 aromatic carbocycles. The minimum Gasteiger partial charge on any atom is -0.396 e. The maximum Gasteiger partial charge on any atom is 0.164 e. The van der Waals surface area contributed by atoms with Gasteiger partial charge in [0.05, 0.1) is 31.5 Å². The Labute approximate surface area is 201 Å². The Morgan fingerprint density at radius 2 is 1.91 bits per heavy atom. The molecule has 4 aliphatic carbocycles. The van der Waals surface area contributed by atoms with Crippen LogP contribution in [0, 0.1) is 29.1 Å². The van der Waals surface area contributed by atoms with Crippen molar-refractivity contribution in [3.05, 3.63) is 35.9 Å². The van der Waals surface area contributed by atoms with E-state index in [4.69, 9.17) is 23.7 Å². The first kappa shape index (κ1) is 23.3. The van der Waals surface area contributed by atoms with E-state index >= 15 is 0 Å². The standard InChI is InChI=1S/C27H38O7/c1-4-31-21-11-25(16-32-21)15-26(29)10-18-19(12-28)20(14-30-13-17-8-6-5-7-9-17)22(26)27(25)23(18)33-24(2,3)34-27/h5-9,18-23,28-29H,4,10-16H2,1-3H3/t18-,19+,20-,21?,22-,23+,25-,26+,27-/m0/s1. The van der Waals surface area contributed by atoms with Crippen LogP contribution in [0.1, 0.15) is 45.6 Å². The van der Waals surface area contributed by atoms with E-state index in [9.17, 15) is 10.2 Å². The summed E-state index contributed by atoms with van der Waals surface area (Å²) in [4.78, 5) is 0. The SMILES string of the molecule is CCOC1C[C@@]2(CO1)C[C@]1(O)C[C@H]3[C@@H](CO)[C@H](COCc4ccccc4)[C@@H]1[C@@]21OC(C)(C)O[C@H]31. The van der Waals surface area contributed by atoms with Crippen molar-refractivity contribution in [1.29, 1.82) is 0 Å². The molecule has 2 saturated heterocycles. The van der Waals surface area contributed by atoms with Gasteiger partial charge in [0, 0.05) is 31.0 Å². The molecule has 6 fully saturated rings. The van der Waals surface area contributed by atoms with Crippen molar-refractivity contribution >= 4 is 0 Å². The summed E-state index contributed by atoms with van der Waals surface area (Å²) in [5.74, 6) is -1.01. The van der Waals surface area contributed by atoms with Crippen molar-refractivity contribution in [1.82, 2.24) is 0 Å². The smallest absolute Gasteiger partial charge is 0.164 e. The molecule has 7 heteroatoms. The van der Waals surface area contributed by atoms with Crippen LogP contribution in [-0.2, 0) is 30.3 Å². The summed E-state index contributed by atoms with van der Waals surface area (Å²) in [6, 6.07) is 10.1. The van der Waals surface area contributed by atoms with E-state index in [2.05, 4.69) is 12.1 Å². The molecule has 6 aliphatic rings. The topological polar surface area (TPSA) is 86.6 Å². The lowest BCUT2D eigenvalue weighted by Crippen LogP contribution is -2.72. The highest BCUT2D eigenvalue weighted by Gasteiger charge is 2.85. The highest BCUT2D eigenvalue weighted by molar-refractivity contribution is 5.32. The third-order valence-electron chi connectivity index (χ3n) is 9.36. The first-order valence-corrected chi connectivity index (χ1v) is 12.8. The van der Waals surface area contributed by atoms with Crippen LogP contribution in [0.25, 0.3) is 0 Å². The van der Waals surface area contributed by atoms with Crippen molar-refractivity contribution in [2.45, 2.75) is 76.0 Å². The Bertz CT molecular complexity index is 907. The quantitative estimate of drug-likeness (QED) is 0.628. The van der Waals surface area contributed by atoms with Gasteiger partial charge in [-0.1, -0.05) is 30.3 Å². The number of aliphatic hydroxyl groups is 2. The van der Waals surface area contributed by atoms with Gasteiger partial charge in [-0.25, -0.2) is 0 Å². The molecule has 2 spiro atoms. The number of ether oxygens (including phenoxy) is 5. The fourth-order valence-electron chi connectivity index (χ4n) is 8.63. The van der Waals surface area contributed by atoms with Gasteiger partial charge in [-0.3, -0.25) is 0 Å². The summed E-state index contributed by atoms with van der Waals surface area (Å²) in [6.45, 7) is 8.00. The summed E-state index contributed by atoms with van der Waals surface area (Å²) < 4.78 is 31.8. The van der Waals surface area contributed by atoms with E-state index in [1.807, 2.05) is 39.0 Å². The van der Waals surface area contributed by atoms with Gasteiger partial charge in [-0.05, 0) is 56.9 Å². The van der Waals surface area contributed by atoms with Crippen LogP contribution in [0.3, 0.4) is 0 Å². The number of rotatable bonds is 7. The van der Waals surface area contributed by atoms with Crippen LogP contribution < -0.4 is 0 Å². The Balaban J connectivity index is 1.37.